The highest BCUT2D eigenvalue weighted by Gasteiger charge is 2.29. The molecule has 0 radical (unpaired) electrons. The van der Waals surface area contributed by atoms with Crippen LogP contribution < -0.4 is 10.6 Å². The van der Waals surface area contributed by atoms with Crippen LogP contribution in [0.5, 0.6) is 0 Å². The minimum atomic E-state index is -4.22. The van der Waals surface area contributed by atoms with Crippen LogP contribution in [0.3, 0.4) is 0 Å². The lowest BCUT2D eigenvalue weighted by Gasteiger charge is -2.23. The van der Waals surface area contributed by atoms with Crippen LogP contribution in [0.1, 0.15) is 40.5 Å². The summed E-state index contributed by atoms with van der Waals surface area (Å²) in [6.07, 6.45) is -4.97. The number of amides is 1. The number of carbonyl (C=O) groups excluding carboxylic acids is 1. The first-order valence-corrected chi connectivity index (χ1v) is 8.09. The zero-order valence-corrected chi connectivity index (χ0v) is 14.7. The molecule has 1 saturated heterocycles. The van der Waals surface area contributed by atoms with Crippen molar-refractivity contribution in [1.82, 2.24) is 15.5 Å². The smallest absolute Gasteiger partial charge is 0.407 e. The summed E-state index contributed by atoms with van der Waals surface area (Å²) in [4.78, 5) is 17.6. The molecule has 2 N–H and O–H groups in total. The summed E-state index contributed by atoms with van der Waals surface area (Å²) in [6, 6.07) is -0.119. The molecular weight excluding hydrogens is 325 g/mol. The molecule has 1 heterocycles. The topological polar surface area (TPSA) is 66.0 Å². The lowest BCUT2D eigenvalue weighted by Crippen LogP contribution is -2.44. The van der Waals surface area contributed by atoms with Gasteiger partial charge in [0.25, 0.3) is 0 Å². The maximum Gasteiger partial charge on any atom is 0.407 e. The maximum atomic E-state index is 12.2. The molecular formula is C15H27F3N4O2. The lowest BCUT2D eigenvalue weighted by atomic mass is 10.2. The van der Waals surface area contributed by atoms with Crippen molar-refractivity contribution in [1.29, 1.82) is 0 Å². The van der Waals surface area contributed by atoms with E-state index in [9.17, 15) is 18.0 Å². The number of ether oxygens (including phenoxy) is 1. The van der Waals surface area contributed by atoms with Gasteiger partial charge >= 0.3 is 12.3 Å². The van der Waals surface area contributed by atoms with Gasteiger partial charge in [0, 0.05) is 19.6 Å². The fourth-order valence-corrected chi connectivity index (χ4v) is 2.26. The molecule has 0 aromatic carbocycles. The van der Waals surface area contributed by atoms with Gasteiger partial charge < -0.3 is 20.3 Å². The zero-order valence-electron chi connectivity index (χ0n) is 14.7. The first-order valence-electron chi connectivity index (χ1n) is 8.09. The summed E-state index contributed by atoms with van der Waals surface area (Å²) in [5, 5.41) is 5.76. The first-order chi connectivity index (χ1) is 11.0. The predicted octanol–water partition coefficient (Wildman–Crippen LogP) is 2.50. The van der Waals surface area contributed by atoms with E-state index in [1.165, 1.54) is 0 Å². The molecule has 24 heavy (non-hydrogen) atoms. The van der Waals surface area contributed by atoms with E-state index in [1.807, 2.05) is 11.8 Å². The fourth-order valence-electron chi connectivity index (χ4n) is 2.26. The predicted molar refractivity (Wildman–Crippen MR) is 86.0 cm³/mol. The van der Waals surface area contributed by atoms with Gasteiger partial charge in [-0.15, -0.1) is 0 Å². The highest BCUT2D eigenvalue weighted by atomic mass is 19.4. The number of nitrogens with zero attached hydrogens (tertiary/aromatic N) is 2. The molecule has 1 rings (SSSR count). The summed E-state index contributed by atoms with van der Waals surface area (Å²) >= 11 is 0. The number of hydrogen-bond donors (Lipinski definition) is 2. The van der Waals surface area contributed by atoms with Gasteiger partial charge in [0.15, 0.2) is 5.96 Å². The van der Waals surface area contributed by atoms with Crippen molar-refractivity contribution in [3.05, 3.63) is 0 Å². The van der Waals surface area contributed by atoms with Gasteiger partial charge in [-0.25, -0.2) is 4.79 Å². The Morgan fingerprint density at radius 2 is 2.00 bits per heavy atom. The third-order valence-electron chi connectivity index (χ3n) is 3.20. The summed E-state index contributed by atoms with van der Waals surface area (Å²) in [5.41, 5.74) is -0.573. The van der Waals surface area contributed by atoms with Crippen molar-refractivity contribution in [3.63, 3.8) is 0 Å². The van der Waals surface area contributed by atoms with E-state index in [4.69, 9.17) is 4.74 Å². The number of rotatable bonds is 4. The molecule has 140 valence electrons. The Kier molecular flexibility index (Phi) is 7.16. The second-order valence-corrected chi connectivity index (χ2v) is 6.68. The molecule has 0 aliphatic carbocycles. The van der Waals surface area contributed by atoms with Gasteiger partial charge in [-0.05, 0) is 34.1 Å². The third kappa shape index (κ3) is 8.26. The molecule has 0 aromatic rings. The van der Waals surface area contributed by atoms with Crippen LogP contribution in [-0.4, -0.2) is 61.0 Å². The van der Waals surface area contributed by atoms with E-state index < -0.39 is 24.3 Å². The molecule has 1 unspecified atom stereocenters. The Labute approximate surface area is 140 Å². The van der Waals surface area contributed by atoms with E-state index in [0.717, 1.165) is 0 Å². The summed E-state index contributed by atoms with van der Waals surface area (Å²) in [5.74, 6) is 0.440. The highest BCUT2D eigenvalue weighted by Crippen LogP contribution is 2.19. The van der Waals surface area contributed by atoms with Crippen molar-refractivity contribution in [2.24, 2.45) is 4.99 Å². The highest BCUT2D eigenvalue weighted by molar-refractivity contribution is 5.80. The molecule has 1 aliphatic rings. The van der Waals surface area contributed by atoms with E-state index in [1.54, 1.807) is 20.8 Å². The molecule has 1 aliphatic heterocycles. The number of alkyl carbamates (subject to hydrolysis) is 1. The summed E-state index contributed by atoms with van der Waals surface area (Å²) in [6.45, 7) is 8.54. The summed E-state index contributed by atoms with van der Waals surface area (Å²) < 4.78 is 41.9. The molecule has 1 fully saturated rings. The third-order valence-corrected chi connectivity index (χ3v) is 3.20. The minimum absolute atomic E-state index is 0.119. The Balaban J connectivity index is 2.53. The van der Waals surface area contributed by atoms with Crippen LogP contribution in [0.25, 0.3) is 0 Å². The molecule has 1 atom stereocenters. The normalized spacial score (nSPS) is 19.4. The number of aliphatic imine (C=N–C) groups is 1. The molecule has 0 saturated carbocycles. The Morgan fingerprint density at radius 3 is 2.54 bits per heavy atom. The number of halogens is 3. The number of nitrogens with one attached hydrogen (secondary N) is 2. The zero-order chi connectivity index (χ0) is 18.4. The Hall–Kier alpha value is -1.67. The van der Waals surface area contributed by atoms with E-state index in [0.29, 0.717) is 32.0 Å². The van der Waals surface area contributed by atoms with Crippen LogP contribution in [0.4, 0.5) is 18.0 Å². The number of hydrogen-bond acceptors (Lipinski definition) is 3. The first kappa shape index (κ1) is 20.4. The van der Waals surface area contributed by atoms with E-state index >= 15 is 0 Å². The van der Waals surface area contributed by atoms with Gasteiger partial charge in [0.1, 0.15) is 5.60 Å². The Bertz CT molecular complexity index is 447. The monoisotopic (exact) mass is 352 g/mol. The van der Waals surface area contributed by atoms with Gasteiger partial charge in [-0.2, -0.15) is 13.2 Å². The van der Waals surface area contributed by atoms with Crippen LogP contribution in [0, 0.1) is 0 Å². The van der Waals surface area contributed by atoms with Gasteiger partial charge in [-0.1, -0.05) is 0 Å². The number of alkyl halides is 3. The molecule has 0 aromatic heterocycles. The maximum absolute atomic E-state index is 12.2. The Morgan fingerprint density at radius 1 is 1.33 bits per heavy atom. The van der Waals surface area contributed by atoms with Gasteiger partial charge in [0.05, 0.1) is 19.0 Å². The van der Waals surface area contributed by atoms with Crippen molar-refractivity contribution >= 4 is 12.1 Å². The van der Waals surface area contributed by atoms with Gasteiger partial charge in [-0.3, -0.25) is 4.99 Å². The SMILES string of the molecule is CCNC(=NCCC(F)(F)F)N1CCC(NC(=O)OC(C)(C)C)C1. The number of guanidine groups is 1. The standard InChI is InChI=1S/C15H27F3N4O2/c1-5-19-12(20-8-7-15(16,17)18)22-9-6-11(10-22)21-13(23)24-14(2,3)4/h11H,5-10H2,1-4H3,(H,19,20)(H,21,23). The minimum Gasteiger partial charge on any atom is -0.444 e. The molecule has 1 amide bonds. The van der Waals surface area contributed by atoms with E-state index in [-0.39, 0.29) is 12.6 Å². The average Bonchev–Trinajstić information content (AvgIpc) is 2.82. The van der Waals surface area contributed by atoms with Gasteiger partial charge in [0.2, 0.25) is 0 Å². The van der Waals surface area contributed by atoms with Crippen LogP contribution in [0.2, 0.25) is 0 Å². The quantitative estimate of drug-likeness (QED) is 0.603. The number of carbonyl (C=O) groups is 1. The average molecular weight is 352 g/mol. The number of likely N-dealkylation sites (tertiary alicyclic amines) is 1. The van der Waals surface area contributed by atoms with Crippen molar-refractivity contribution in [2.45, 2.75) is 58.4 Å². The van der Waals surface area contributed by atoms with Crippen molar-refractivity contribution in [3.8, 4) is 0 Å². The summed E-state index contributed by atoms with van der Waals surface area (Å²) in [7, 11) is 0. The molecule has 0 bridgehead atoms. The van der Waals surface area contributed by atoms with Crippen molar-refractivity contribution in [2.75, 3.05) is 26.2 Å². The van der Waals surface area contributed by atoms with Crippen molar-refractivity contribution < 1.29 is 22.7 Å². The second-order valence-electron chi connectivity index (χ2n) is 6.68. The largest absolute Gasteiger partial charge is 0.444 e. The lowest BCUT2D eigenvalue weighted by molar-refractivity contribution is -0.132. The van der Waals surface area contributed by atoms with Crippen LogP contribution >= 0.6 is 0 Å². The van der Waals surface area contributed by atoms with E-state index in [2.05, 4.69) is 15.6 Å². The molecule has 0 spiro atoms. The molecule has 6 nitrogen and oxygen atoms in total. The second kappa shape index (κ2) is 8.43. The van der Waals surface area contributed by atoms with Crippen LogP contribution in [-0.2, 0) is 4.74 Å². The van der Waals surface area contributed by atoms with Crippen LogP contribution in [0.15, 0.2) is 4.99 Å². The fraction of sp³-hybridized carbons (Fsp3) is 0.867. The molecule has 9 heteroatoms.